The standard InChI is InChI=1S/C14H16F3NO3/c1-13(2,3)21-12(19)18-6-14(20,7-18)11-9(16)4-8(15)5-10(11)17/h4-5,20H,6-7H2,1-3H3. The van der Waals surface area contributed by atoms with Crippen LogP contribution in [0.2, 0.25) is 0 Å². The average molecular weight is 303 g/mol. The maximum absolute atomic E-state index is 13.7. The van der Waals surface area contributed by atoms with Crippen molar-refractivity contribution in [1.82, 2.24) is 4.90 Å². The molecule has 1 aliphatic heterocycles. The molecule has 1 fully saturated rings. The van der Waals surface area contributed by atoms with Gasteiger partial charge in [0.25, 0.3) is 0 Å². The molecule has 4 nitrogen and oxygen atoms in total. The van der Waals surface area contributed by atoms with Gasteiger partial charge in [0.1, 0.15) is 28.7 Å². The molecule has 7 heteroatoms. The normalized spacial score (nSPS) is 17.4. The van der Waals surface area contributed by atoms with Crippen LogP contribution in [0.25, 0.3) is 0 Å². The Hall–Kier alpha value is -1.76. The van der Waals surface area contributed by atoms with Crippen LogP contribution in [0.15, 0.2) is 12.1 Å². The van der Waals surface area contributed by atoms with Crippen molar-refractivity contribution in [3.63, 3.8) is 0 Å². The minimum atomic E-state index is -1.88. The van der Waals surface area contributed by atoms with E-state index in [9.17, 15) is 23.1 Å². The van der Waals surface area contributed by atoms with Crippen molar-refractivity contribution < 1.29 is 27.8 Å². The number of β-amino-alcohol motifs (C(OH)–C–C–N with tert-alkyl or cyclic N) is 1. The van der Waals surface area contributed by atoms with E-state index < -0.39 is 40.3 Å². The van der Waals surface area contributed by atoms with Crippen molar-refractivity contribution in [1.29, 1.82) is 0 Å². The van der Waals surface area contributed by atoms with Crippen molar-refractivity contribution in [2.75, 3.05) is 13.1 Å². The van der Waals surface area contributed by atoms with Crippen LogP contribution in [-0.2, 0) is 10.3 Å². The number of hydrogen-bond acceptors (Lipinski definition) is 3. The quantitative estimate of drug-likeness (QED) is 0.867. The third-order valence-electron chi connectivity index (χ3n) is 3.03. The molecule has 0 saturated carbocycles. The first-order valence-electron chi connectivity index (χ1n) is 6.37. The van der Waals surface area contributed by atoms with Gasteiger partial charge in [-0.3, -0.25) is 0 Å². The highest BCUT2D eigenvalue weighted by Gasteiger charge is 2.49. The van der Waals surface area contributed by atoms with E-state index in [1.807, 2.05) is 0 Å². The van der Waals surface area contributed by atoms with Gasteiger partial charge in [-0.15, -0.1) is 0 Å². The fourth-order valence-corrected chi connectivity index (χ4v) is 2.19. The Balaban J connectivity index is 2.14. The maximum Gasteiger partial charge on any atom is 0.410 e. The molecular weight excluding hydrogens is 287 g/mol. The Kier molecular flexibility index (Phi) is 3.65. The third kappa shape index (κ3) is 3.12. The molecule has 1 heterocycles. The molecule has 0 radical (unpaired) electrons. The van der Waals surface area contributed by atoms with Gasteiger partial charge in [0.2, 0.25) is 0 Å². The summed E-state index contributed by atoms with van der Waals surface area (Å²) < 4.78 is 45.2. The van der Waals surface area contributed by atoms with Gasteiger partial charge in [-0.1, -0.05) is 0 Å². The predicted molar refractivity (Wildman–Crippen MR) is 68.0 cm³/mol. The second-order valence-corrected chi connectivity index (χ2v) is 6.11. The molecule has 0 bridgehead atoms. The van der Waals surface area contributed by atoms with E-state index >= 15 is 0 Å². The molecule has 0 atom stereocenters. The zero-order valence-corrected chi connectivity index (χ0v) is 11.9. The van der Waals surface area contributed by atoms with Crippen molar-refractivity contribution in [3.05, 3.63) is 35.1 Å². The van der Waals surface area contributed by atoms with Gasteiger partial charge in [0.05, 0.1) is 18.7 Å². The molecule has 1 N–H and O–H groups in total. The predicted octanol–water partition coefficient (Wildman–Crippen LogP) is 2.54. The van der Waals surface area contributed by atoms with Crippen LogP contribution in [0.3, 0.4) is 0 Å². The van der Waals surface area contributed by atoms with Crippen LogP contribution in [0.4, 0.5) is 18.0 Å². The van der Waals surface area contributed by atoms with E-state index in [1.54, 1.807) is 20.8 Å². The summed E-state index contributed by atoms with van der Waals surface area (Å²) in [4.78, 5) is 12.8. The lowest BCUT2D eigenvalue weighted by molar-refractivity contribution is -0.107. The summed E-state index contributed by atoms with van der Waals surface area (Å²) in [7, 11) is 0. The number of rotatable bonds is 1. The largest absolute Gasteiger partial charge is 0.444 e. The number of amides is 1. The number of carbonyl (C=O) groups excluding carboxylic acids is 1. The zero-order chi connectivity index (χ0) is 16.0. The molecule has 0 aliphatic carbocycles. The Morgan fingerprint density at radius 2 is 1.71 bits per heavy atom. The van der Waals surface area contributed by atoms with Crippen molar-refractivity contribution in [2.45, 2.75) is 32.0 Å². The second kappa shape index (κ2) is 4.91. The summed E-state index contributed by atoms with van der Waals surface area (Å²) in [6, 6.07) is 0.985. The van der Waals surface area contributed by atoms with E-state index in [-0.39, 0.29) is 13.1 Å². The first kappa shape index (κ1) is 15.6. The molecular formula is C14H16F3NO3. The van der Waals surface area contributed by atoms with Gasteiger partial charge < -0.3 is 14.7 Å². The van der Waals surface area contributed by atoms with Gasteiger partial charge in [-0.25, -0.2) is 18.0 Å². The lowest BCUT2D eigenvalue weighted by Gasteiger charge is -2.46. The Labute approximate surface area is 120 Å². The van der Waals surface area contributed by atoms with Crippen LogP contribution in [0.5, 0.6) is 0 Å². The molecule has 116 valence electrons. The number of hydrogen-bond donors (Lipinski definition) is 1. The number of carbonyl (C=O) groups is 1. The second-order valence-electron chi connectivity index (χ2n) is 6.11. The molecule has 21 heavy (non-hydrogen) atoms. The van der Waals surface area contributed by atoms with Crippen molar-refractivity contribution in [2.24, 2.45) is 0 Å². The van der Waals surface area contributed by atoms with Gasteiger partial charge in [-0.2, -0.15) is 0 Å². The van der Waals surface area contributed by atoms with Crippen LogP contribution < -0.4 is 0 Å². The molecule has 1 amide bonds. The first-order valence-corrected chi connectivity index (χ1v) is 6.37. The topological polar surface area (TPSA) is 49.8 Å². The molecule has 1 aromatic carbocycles. The molecule has 0 unspecified atom stereocenters. The molecule has 2 rings (SSSR count). The number of likely N-dealkylation sites (tertiary alicyclic amines) is 1. The van der Waals surface area contributed by atoms with Crippen LogP contribution in [-0.4, -0.2) is 34.8 Å². The minimum Gasteiger partial charge on any atom is -0.444 e. The van der Waals surface area contributed by atoms with Gasteiger partial charge in [-0.05, 0) is 20.8 Å². The van der Waals surface area contributed by atoms with E-state index in [2.05, 4.69) is 0 Å². The van der Waals surface area contributed by atoms with Crippen LogP contribution >= 0.6 is 0 Å². The Bertz CT molecular complexity index is 554. The minimum absolute atomic E-state index is 0.318. The smallest absolute Gasteiger partial charge is 0.410 e. The highest BCUT2D eigenvalue weighted by atomic mass is 19.1. The molecule has 0 aromatic heterocycles. The van der Waals surface area contributed by atoms with Crippen molar-refractivity contribution in [3.8, 4) is 0 Å². The van der Waals surface area contributed by atoms with E-state index in [4.69, 9.17) is 4.74 Å². The Morgan fingerprint density at radius 1 is 1.24 bits per heavy atom. The highest BCUT2D eigenvalue weighted by molar-refractivity contribution is 5.70. The Morgan fingerprint density at radius 3 is 2.14 bits per heavy atom. The summed E-state index contributed by atoms with van der Waals surface area (Å²) >= 11 is 0. The first-order chi connectivity index (χ1) is 9.52. The number of halogens is 3. The van der Waals surface area contributed by atoms with E-state index in [0.29, 0.717) is 12.1 Å². The summed E-state index contributed by atoms with van der Waals surface area (Å²) in [5.74, 6) is -3.43. The SMILES string of the molecule is CC(C)(C)OC(=O)N1CC(O)(c2c(F)cc(F)cc2F)C1. The van der Waals surface area contributed by atoms with Crippen LogP contribution in [0.1, 0.15) is 26.3 Å². The zero-order valence-electron chi connectivity index (χ0n) is 11.9. The monoisotopic (exact) mass is 303 g/mol. The average Bonchev–Trinajstić information content (AvgIpc) is 2.21. The maximum atomic E-state index is 13.7. The summed E-state index contributed by atoms with van der Waals surface area (Å²) in [5, 5.41) is 10.2. The summed E-state index contributed by atoms with van der Waals surface area (Å²) in [5.41, 5.74) is -3.22. The van der Waals surface area contributed by atoms with E-state index in [1.165, 1.54) is 0 Å². The number of ether oxygens (including phenoxy) is 1. The van der Waals surface area contributed by atoms with Gasteiger partial charge in [0, 0.05) is 12.1 Å². The van der Waals surface area contributed by atoms with E-state index in [0.717, 1.165) is 4.90 Å². The summed E-state index contributed by atoms with van der Waals surface area (Å²) in [6.45, 7) is 4.39. The molecule has 1 aliphatic rings. The number of nitrogens with zero attached hydrogens (tertiary/aromatic N) is 1. The third-order valence-corrected chi connectivity index (χ3v) is 3.03. The number of benzene rings is 1. The lowest BCUT2D eigenvalue weighted by Crippen LogP contribution is -2.62. The van der Waals surface area contributed by atoms with Gasteiger partial charge >= 0.3 is 6.09 Å². The fourth-order valence-electron chi connectivity index (χ4n) is 2.19. The van der Waals surface area contributed by atoms with Crippen LogP contribution in [0, 0.1) is 17.5 Å². The lowest BCUT2D eigenvalue weighted by atomic mass is 9.85. The van der Waals surface area contributed by atoms with Crippen molar-refractivity contribution >= 4 is 6.09 Å². The summed E-state index contributed by atoms with van der Waals surface area (Å²) in [6.07, 6.45) is -0.685. The molecule has 1 saturated heterocycles. The highest BCUT2D eigenvalue weighted by Crippen LogP contribution is 2.36. The van der Waals surface area contributed by atoms with Gasteiger partial charge in [0.15, 0.2) is 0 Å². The molecule has 0 spiro atoms. The fraction of sp³-hybridized carbons (Fsp3) is 0.500. The molecule has 1 aromatic rings. The number of aliphatic hydroxyl groups is 1.